The fraction of sp³-hybridized carbons (Fsp3) is 0.571. The molecule has 0 radical (unpaired) electrons. The van der Waals surface area contributed by atoms with Gasteiger partial charge in [0.1, 0.15) is 0 Å². The Labute approximate surface area is 117 Å². The topological polar surface area (TPSA) is 12.0 Å². The van der Waals surface area contributed by atoms with Crippen molar-refractivity contribution < 1.29 is 0 Å². The molecule has 94 valence electrons. The van der Waals surface area contributed by atoms with E-state index in [2.05, 4.69) is 40.3 Å². The second-order valence-electron chi connectivity index (χ2n) is 4.75. The highest BCUT2D eigenvalue weighted by Gasteiger charge is 2.25. The first-order valence-electron chi connectivity index (χ1n) is 6.40. The van der Waals surface area contributed by atoms with E-state index in [1.54, 1.807) is 0 Å². The SMILES string of the molecule is CCNC(c1ccc(Cl)c(Br)c1)C1CCCC1. The molecule has 1 aromatic rings. The van der Waals surface area contributed by atoms with Gasteiger partial charge in [0.15, 0.2) is 0 Å². The molecule has 0 aliphatic heterocycles. The first-order chi connectivity index (χ1) is 8.22. The van der Waals surface area contributed by atoms with Gasteiger partial charge in [-0.25, -0.2) is 0 Å². The Balaban J connectivity index is 2.21. The summed E-state index contributed by atoms with van der Waals surface area (Å²) in [5.41, 5.74) is 1.36. The van der Waals surface area contributed by atoms with Crippen LogP contribution in [-0.2, 0) is 0 Å². The van der Waals surface area contributed by atoms with Gasteiger partial charge in [-0.05, 0) is 58.9 Å². The van der Waals surface area contributed by atoms with Gasteiger partial charge in [0, 0.05) is 10.5 Å². The Kier molecular flexibility index (Phi) is 4.89. The lowest BCUT2D eigenvalue weighted by Gasteiger charge is -2.25. The molecule has 0 heterocycles. The number of hydrogen-bond acceptors (Lipinski definition) is 1. The zero-order chi connectivity index (χ0) is 12.3. The lowest BCUT2D eigenvalue weighted by Crippen LogP contribution is -2.26. The first kappa shape index (κ1) is 13.4. The maximum Gasteiger partial charge on any atom is 0.0548 e. The van der Waals surface area contributed by atoms with Crippen molar-refractivity contribution in [3.05, 3.63) is 33.3 Å². The molecule has 1 unspecified atom stereocenters. The highest BCUT2D eigenvalue weighted by atomic mass is 79.9. The van der Waals surface area contributed by atoms with E-state index in [0.29, 0.717) is 6.04 Å². The van der Waals surface area contributed by atoms with Crippen molar-refractivity contribution in [3.63, 3.8) is 0 Å². The monoisotopic (exact) mass is 315 g/mol. The van der Waals surface area contributed by atoms with Crippen LogP contribution in [-0.4, -0.2) is 6.54 Å². The second-order valence-corrected chi connectivity index (χ2v) is 6.01. The predicted molar refractivity (Wildman–Crippen MR) is 77.5 cm³/mol. The Bertz CT molecular complexity index is 374. The normalized spacial score (nSPS) is 18.5. The molecule has 0 aromatic heterocycles. The molecule has 1 saturated carbocycles. The number of nitrogens with one attached hydrogen (secondary N) is 1. The van der Waals surface area contributed by atoms with E-state index in [-0.39, 0.29) is 0 Å². The van der Waals surface area contributed by atoms with Gasteiger partial charge in [-0.3, -0.25) is 0 Å². The average Bonchev–Trinajstić information content (AvgIpc) is 2.83. The molecule has 0 bridgehead atoms. The molecule has 17 heavy (non-hydrogen) atoms. The van der Waals surface area contributed by atoms with Crippen molar-refractivity contribution in [1.29, 1.82) is 0 Å². The summed E-state index contributed by atoms with van der Waals surface area (Å²) in [7, 11) is 0. The Morgan fingerprint density at radius 2 is 2.12 bits per heavy atom. The van der Waals surface area contributed by atoms with Crippen LogP contribution in [0.3, 0.4) is 0 Å². The van der Waals surface area contributed by atoms with Gasteiger partial charge in [-0.1, -0.05) is 37.4 Å². The molecule has 0 saturated heterocycles. The van der Waals surface area contributed by atoms with Gasteiger partial charge in [0.05, 0.1) is 5.02 Å². The molecule has 1 aliphatic carbocycles. The summed E-state index contributed by atoms with van der Waals surface area (Å²) in [6.07, 6.45) is 5.44. The summed E-state index contributed by atoms with van der Waals surface area (Å²) in [6.45, 7) is 3.19. The van der Waals surface area contributed by atoms with Crippen LogP contribution in [0.1, 0.15) is 44.2 Å². The summed E-state index contributed by atoms with van der Waals surface area (Å²) in [5, 5.41) is 4.41. The molecule has 1 N–H and O–H groups in total. The highest BCUT2D eigenvalue weighted by Crippen LogP contribution is 2.37. The van der Waals surface area contributed by atoms with E-state index < -0.39 is 0 Å². The fourth-order valence-electron chi connectivity index (χ4n) is 2.77. The van der Waals surface area contributed by atoms with Crippen LogP contribution in [0.2, 0.25) is 5.02 Å². The Morgan fingerprint density at radius 1 is 1.41 bits per heavy atom. The molecule has 1 aliphatic rings. The van der Waals surface area contributed by atoms with Crippen LogP contribution in [0, 0.1) is 5.92 Å². The van der Waals surface area contributed by atoms with Crippen molar-refractivity contribution in [3.8, 4) is 0 Å². The molecule has 1 nitrogen and oxygen atoms in total. The maximum absolute atomic E-state index is 6.05. The van der Waals surface area contributed by atoms with Gasteiger partial charge in [-0.2, -0.15) is 0 Å². The van der Waals surface area contributed by atoms with Crippen LogP contribution in [0.5, 0.6) is 0 Å². The maximum atomic E-state index is 6.05. The van der Waals surface area contributed by atoms with E-state index in [1.807, 2.05) is 6.07 Å². The zero-order valence-corrected chi connectivity index (χ0v) is 12.5. The van der Waals surface area contributed by atoms with Crippen molar-refractivity contribution >= 4 is 27.5 Å². The number of halogens is 2. The minimum atomic E-state index is 0.482. The number of benzene rings is 1. The molecule has 1 fully saturated rings. The highest BCUT2D eigenvalue weighted by molar-refractivity contribution is 9.10. The van der Waals surface area contributed by atoms with Gasteiger partial charge >= 0.3 is 0 Å². The van der Waals surface area contributed by atoms with Crippen molar-refractivity contribution in [2.24, 2.45) is 5.92 Å². The smallest absolute Gasteiger partial charge is 0.0548 e. The van der Waals surface area contributed by atoms with E-state index in [0.717, 1.165) is 22.0 Å². The predicted octanol–water partition coefficient (Wildman–Crippen LogP) is 4.94. The summed E-state index contributed by atoms with van der Waals surface area (Å²) < 4.78 is 0.998. The third-order valence-electron chi connectivity index (χ3n) is 3.60. The van der Waals surface area contributed by atoms with Crippen molar-refractivity contribution in [2.45, 2.75) is 38.6 Å². The molecular weight excluding hydrogens is 298 g/mol. The molecule has 2 rings (SSSR count). The quantitative estimate of drug-likeness (QED) is 0.829. The van der Waals surface area contributed by atoms with Gasteiger partial charge in [0.25, 0.3) is 0 Å². The van der Waals surface area contributed by atoms with E-state index in [9.17, 15) is 0 Å². The summed E-state index contributed by atoms with van der Waals surface area (Å²) in [5.74, 6) is 0.781. The van der Waals surface area contributed by atoms with Gasteiger partial charge in [-0.15, -0.1) is 0 Å². The molecule has 1 atom stereocenters. The molecule has 0 spiro atoms. The average molecular weight is 317 g/mol. The van der Waals surface area contributed by atoms with Gasteiger partial charge in [0.2, 0.25) is 0 Å². The first-order valence-corrected chi connectivity index (χ1v) is 7.57. The third kappa shape index (κ3) is 3.24. The molecule has 1 aromatic carbocycles. The number of rotatable bonds is 4. The lowest BCUT2D eigenvalue weighted by molar-refractivity contribution is 0.374. The van der Waals surface area contributed by atoms with Gasteiger partial charge < -0.3 is 5.32 Å². The Morgan fingerprint density at radius 3 is 2.71 bits per heavy atom. The van der Waals surface area contributed by atoms with E-state index in [1.165, 1.54) is 31.2 Å². The van der Waals surface area contributed by atoms with Crippen LogP contribution >= 0.6 is 27.5 Å². The van der Waals surface area contributed by atoms with Crippen molar-refractivity contribution in [2.75, 3.05) is 6.54 Å². The number of hydrogen-bond donors (Lipinski definition) is 1. The largest absolute Gasteiger partial charge is 0.310 e. The van der Waals surface area contributed by atoms with Crippen LogP contribution in [0.15, 0.2) is 22.7 Å². The summed E-state index contributed by atoms with van der Waals surface area (Å²) in [6, 6.07) is 6.78. The zero-order valence-electron chi connectivity index (χ0n) is 10.2. The Hall–Kier alpha value is -0.0500. The van der Waals surface area contributed by atoms with E-state index in [4.69, 9.17) is 11.6 Å². The lowest BCUT2D eigenvalue weighted by atomic mass is 9.91. The third-order valence-corrected chi connectivity index (χ3v) is 4.81. The fourth-order valence-corrected chi connectivity index (χ4v) is 3.29. The summed E-state index contributed by atoms with van der Waals surface area (Å²) >= 11 is 9.57. The summed E-state index contributed by atoms with van der Waals surface area (Å²) in [4.78, 5) is 0. The van der Waals surface area contributed by atoms with Crippen LogP contribution < -0.4 is 5.32 Å². The molecular formula is C14H19BrClN. The van der Waals surface area contributed by atoms with E-state index >= 15 is 0 Å². The molecule has 3 heteroatoms. The van der Waals surface area contributed by atoms with Crippen LogP contribution in [0.4, 0.5) is 0 Å². The second kappa shape index (κ2) is 6.21. The standard InChI is InChI=1S/C14H19BrClN/c1-2-17-14(10-5-3-4-6-10)11-7-8-13(16)12(15)9-11/h7-10,14,17H,2-6H2,1H3. The minimum absolute atomic E-state index is 0.482. The minimum Gasteiger partial charge on any atom is -0.310 e. The van der Waals surface area contributed by atoms with Crippen molar-refractivity contribution in [1.82, 2.24) is 5.32 Å². The molecule has 0 amide bonds. The van der Waals surface area contributed by atoms with Crippen LogP contribution in [0.25, 0.3) is 0 Å².